The Kier molecular flexibility index (Phi) is 5.98. The summed E-state index contributed by atoms with van der Waals surface area (Å²) in [4.78, 5) is 0. The Morgan fingerprint density at radius 3 is 2.32 bits per heavy atom. The summed E-state index contributed by atoms with van der Waals surface area (Å²) < 4.78 is 29.3. The summed E-state index contributed by atoms with van der Waals surface area (Å²) in [7, 11) is 1.31. The zero-order valence-corrected chi connectivity index (χ0v) is 19.0. The minimum Gasteiger partial charge on any atom is -0.497 e. The van der Waals surface area contributed by atoms with Crippen LogP contribution in [-0.2, 0) is 25.2 Å². The van der Waals surface area contributed by atoms with Crippen LogP contribution in [0.2, 0.25) is 18.1 Å². The number of ether oxygens (including phenoxy) is 4. The first-order valence-corrected chi connectivity index (χ1v) is 12.7. The molecular formula is C21H34O6Si. The lowest BCUT2D eigenvalue weighted by Gasteiger charge is -2.37. The van der Waals surface area contributed by atoms with Gasteiger partial charge >= 0.3 is 0 Å². The largest absolute Gasteiger partial charge is 0.497 e. The molecule has 5 atom stereocenters. The molecule has 1 aromatic carbocycles. The summed E-state index contributed by atoms with van der Waals surface area (Å²) in [5.74, 6) is 0.802. The molecule has 0 amide bonds. The van der Waals surface area contributed by atoms with Gasteiger partial charge in [0.1, 0.15) is 35.8 Å². The monoisotopic (exact) mass is 410 g/mol. The van der Waals surface area contributed by atoms with E-state index < -0.39 is 32.2 Å². The first-order chi connectivity index (χ1) is 13.1. The molecule has 0 spiro atoms. The Labute approximate surface area is 169 Å². The van der Waals surface area contributed by atoms with Gasteiger partial charge in [-0.1, -0.05) is 32.9 Å². The lowest BCUT2D eigenvalue weighted by Crippen LogP contribution is -2.47. The van der Waals surface area contributed by atoms with Gasteiger partial charge < -0.3 is 28.5 Å². The van der Waals surface area contributed by atoms with E-state index in [1.165, 1.54) is 0 Å². The predicted molar refractivity (Wildman–Crippen MR) is 109 cm³/mol. The maximum atomic E-state index is 10.8. The normalized spacial score (nSPS) is 32.3. The first-order valence-electron chi connectivity index (χ1n) is 9.83. The second-order valence-corrected chi connectivity index (χ2v) is 14.1. The van der Waals surface area contributed by atoms with Crippen molar-refractivity contribution in [3.63, 3.8) is 0 Å². The van der Waals surface area contributed by atoms with Crippen molar-refractivity contribution in [1.29, 1.82) is 0 Å². The zero-order valence-electron chi connectivity index (χ0n) is 18.0. The Morgan fingerprint density at radius 2 is 1.79 bits per heavy atom. The van der Waals surface area contributed by atoms with E-state index in [2.05, 4.69) is 33.9 Å². The number of epoxide rings is 1. The number of hydrogen-bond donors (Lipinski definition) is 1. The molecule has 2 fully saturated rings. The molecule has 7 heteroatoms. The molecule has 1 heterocycles. The summed E-state index contributed by atoms with van der Waals surface area (Å²) in [6.45, 7) is 11.9. The number of benzene rings is 1. The summed E-state index contributed by atoms with van der Waals surface area (Å²) >= 11 is 0. The molecule has 0 bridgehead atoms. The molecule has 0 aromatic heterocycles. The maximum absolute atomic E-state index is 10.8. The van der Waals surface area contributed by atoms with Crippen LogP contribution in [0.5, 0.6) is 5.75 Å². The standard InChI is InChI=1S/C21H34O6Si/c1-20(2,3)28(6,7)26-13-21-18(24-5)16(22)17(19(21)27-21)25-12-14-8-10-15(23-4)11-9-14/h8-11,16-19,22H,12-13H2,1-7H3/t16-,17-,18+,19+,21+/m1/s1. The highest BCUT2D eigenvalue weighted by Crippen LogP contribution is 2.53. The quantitative estimate of drug-likeness (QED) is 0.524. The van der Waals surface area contributed by atoms with Crippen LogP contribution in [0, 0.1) is 0 Å². The molecule has 0 radical (unpaired) electrons. The van der Waals surface area contributed by atoms with Crippen LogP contribution in [0.1, 0.15) is 26.3 Å². The SMILES string of the molecule is COc1ccc(CO[C@@H]2[C@@H](O)[C@H](OC)[C@]3(CO[Si](C)(C)C(C)(C)C)O[C@@H]23)cc1. The maximum Gasteiger partial charge on any atom is 0.192 e. The molecular weight excluding hydrogens is 376 g/mol. The summed E-state index contributed by atoms with van der Waals surface area (Å²) in [5, 5.41) is 10.9. The summed E-state index contributed by atoms with van der Waals surface area (Å²) in [6.07, 6.45) is -1.85. The van der Waals surface area contributed by atoms with E-state index >= 15 is 0 Å². The van der Waals surface area contributed by atoms with Gasteiger partial charge in [-0.05, 0) is 35.8 Å². The molecule has 158 valence electrons. The second kappa shape index (κ2) is 7.70. The first kappa shape index (κ1) is 21.7. The van der Waals surface area contributed by atoms with E-state index in [0.717, 1.165) is 11.3 Å². The molecule has 1 aromatic rings. The van der Waals surface area contributed by atoms with Crippen LogP contribution < -0.4 is 4.74 Å². The fourth-order valence-corrected chi connectivity index (χ4v) is 4.58. The van der Waals surface area contributed by atoms with E-state index in [4.69, 9.17) is 23.4 Å². The van der Waals surface area contributed by atoms with Gasteiger partial charge in [0.25, 0.3) is 0 Å². The highest BCUT2D eigenvalue weighted by Gasteiger charge is 2.75. The Morgan fingerprint density at radius 1 is 1.14 bits per heavy atom. The number of rotatable bonds is 8. The van der Waals surface area contributed by atoms with E-state index in [1.54, 1.807) is 14.2 Å². The van der Waals surface area contributed by atoms with Gasteiger partial charge in [0.05, 0.1) is 20.3 Å². The molecule has 1 aliphatic carbocycles. The third-order valence-corrected chi connectivity index (χ3v) is 11.0. The minimum absolute atomic E-state index is 0.109. The van der Waals surface area contributed by atoms with Crippen LogP contribution >= 0.6 is 0 Å². The minimum atomic E-state index is -1.93. The molecule has 1 aliphatic heterocycles. The molecule has 0 unspecified atom stereocenters. The van der Waals surface area contributed by atoms with E-state index in [0.29, 0.717) is 13.2 Å². The van der Waals surface area contributed by atoms with Crippen LogP contribution in [-0.4, -0.2) is 64.3 Å². The van der Waals surface area contributed by atoms with Gasteiger partial charge in [0.15, 0.2) is 8.32 Å². The number of aliphatic hydroxyl groups excluding tert-OH is 1. The Hall–Kier alpha value is -0.963. The number of fused-ring (bicyclic) bond motifs is 1. The van der Waals surface area contributed by atoms with Gasteiger partial charge in [-0.25, -0.2) is 0 Å². The van der Waals surface area contributed by atoms with Gasteiger partial charge in [0.2, 0.25) is 0 Å². The van der Waals surface area contributed by atoms with Crippen molar-refractivity contribution in [2.75, 3.05) is 20.8 Å². The van der Waals surface area contributed by atoms with Crippen LogP contribution in [0.3, 0.4) is 0 Å². The topological polar surface area (TPSA) is 69.7 Å². The molecule has 1 saturated carbocycles. The molecule has 1 saturated heterocycles. The van der Waals surface area contributed by atoms with Crippen molar-refractivity contribution in [3.05, 3.63) is 29.8 Å². The molecule has 2 aliphatic rings. The summed E-state index contributed by atoms with van der Waals surface area (Å²) in [6, 6.07) is 7.70. The number of aliphatic hydroxyl groups is 1. The van der Waals surface area contributed by atoms with Gasteiger partial charge in [-0.3, -0.25) is 0 Å². The highest BCUT2D eigenvalue weighted by atomic mass is 28.4. The molecule has 3 rings (SSSR count). The van der Waals surface area contributed by atoms with Gasteiger partial charge in [0, 0.05) is 7.11 Å². The van der Waals surface area contributed by atoms with E-state index in [-0.39, 0.29) is 11.1 Å². The second-order valence-electron chi connectivity index (χ2n) is 9.31. The predicted octanol–water partition coefficient (Wildman–Crippen LogP) is 3.13. The fraction of sp³-hybridized carbons (Fsp3) is 0.714. The van der Waals surface area contributed by atoms with Crippen molar-refractivity contribution in [2.24, 2.45) is 0 Å². The van der Waals surface area contributed by atoms with Crippen molar-refractivity contribution in [1.82, 2.24) is 0 Å². The van der Waals surface area contributed by atoms with Crippen molar-refractivity contribution in [3.8, 4) is 5.75 Å². The van der Waals surface area contributed by atoms with Crippen molar-refractivity contribution < 1.29 is 28.5 Å². The molecule has 6 nitrogen and oxygen atoms in total. The van der Waals surface area contributed by atoms with E-state index in [9.17, 15) is 5.11 Å². The third-order valence-electron chi connectivity index (χ3n) is 6.52. The fourth-order valence-electron chi connectivity index (χ4n) is 3.56. The van der Waals surface area contributed by atoms with Crippen molar-refractivity contribution in [2.45, 2.75) is 75.5 Å². The smallest absolute Gasteiger partial charge is 0.192 e. The average Bonchev–Trinajstić information content (AvgIpc) is 3.30. The van der Waals surface area contributed by atoms with Crippen LogP contribution in [0.15, 0.2) is 24.3 Å². The molecule has 1 N–H and O–H groups in total. The average molecular weight is 411 g/mol. The lowest BCUT2D eigenvalue weighted by atomic mass is 10.1. The molecule has 28 heavy (non-hydrogen) atoms. The zero-order chi connectivity index (χ0) is 20.7. The number of methoxy groups -OCH3 is 2. The Balaban J connectivity index is 1.64. The van der Waals surface area contributed by atoms with Gasteiger partial charge in [-0.2, -0.15) is 0 Å². The Bertz CT molecular complexity index is 670. The van der Waals surface area contributed by atoms with Crippen LogP contribution in [0.25, 0.3) is 0 Å². The number of hydrogen-bond acceptors (Lipinski definition) is 6. The summed E-state index contributed by atoms with van der Waals surface area (Å²) in [5.41, 5.74) is 0.395. The van der Waals surface area contributed by atoms with Crippen molar-refractivity contribution >= 4 is 8.32 Å². The van der Waals surface area contributed by atoms with E-state index in [1.807, 2.05) is 24.3 Å². The highest BCUT2D eigenvalue weighted by molar-refractivity contribution is 6.74. The lowest BCUT2D eigenvalue weighted by molar-refractivity contribution is -0.126. The van der Waals surface area contributed by atoms with Gasteiger partial charge in [-0.15, -0.1) is 0 Å². The van der Waals surface area contributed by atoms with Crippen LogP contribution in [0.4, 0.5) is 0 Å². The third kappa shape index (κ3) is 3.88.